The lowest BCUT2D eigenvalue weighted by Crippen LogP contribution is -2.26. The minimum atomic E-state index is -0.181. The molecule has 29 heavy (non-hydrogen) atoms. The zero-order valence-electron chi connectivity index (χ0n) is 16.4. The van der Waals surface area contributed by atoms with Gasteiger partial charge in [-0.2, -0.15) is 15.3 Å². The maximum absolute atomic E-state index is 9.62. The average Bonchev–Trinajstić information content (AvgIpc) is 3.02. The fourth-order valence-corrected chi connectivity index (χ4v) is 3.99. The van der Waals surface area contributed by atoms with Crippen LogP contribution in [0.1, 0.15) is 50.3 Å². The molecule has 2 N–H and O–H groups in total. The molecule has 2 aromatic rings. The highest BCUT2D eigenvalue weighted by atomic mass is 35.5. The van der Waals surface area contributed by atoms with Crippen LogP contribution < -0.4 is 10.1 Å². The summed E-state index contributed by atoms with van der Waals surface area (Å²) < 4.78 is 7.77. The highest BCUT2D eigenvalue weighted by Crippen LogP contribution is 2.38. The van der Waals surface area contributed by atoms with Crippen molar-refractivity contribution in [2.45, 2.75) is 57.6 Å². The van der Waals surface area contributed by atoms with Gasteiger partial charge in [0, 0.05) is 6.20 Å². The van der Waals surface area contributed by atoms with Crippen LogP contribution in [0.2, 0.25) is 5.02 Å². The van der Waals surface area contributed by atoms with Gasteiger partial charge < -0.3 is 15.2 Å². The smallest absolute Gasteiger partial charge is 0.237 e. The SMILES string of the molecule is Cc1nn(C2CC(C#N)C2)cc1Nc1ncc(Cl)c(OCC2CCC(O)CC2)n1. The molecular weight excluding hydrogens is 392 g/mol. The van der Waals surface area contributed by atoms with Gasteiger partial charge in [-0.05, 0) is 51.4 Å². The Morgan fingerprint density at radius 3 is 2.83 bits per heavy atom. The Labute approximate surface area is 174 Å². The van der Waals surface area contributed by atoms with Crippen LogP contribution in [0.5, 0.6) is 5.88 Å². The van der Waals surface area contributed by atoms with Crippen molar-refractivity contribution < 1.29 is 9.84 Å². The first-order chi connectivity index (χ1) is 14.0. The van der Waals surface area contributed by atoms with E-state index in [0.29, 0.717) is 29.4 Å². The van der Waals surface area contributed by atoms with Crippen LogP contribution in [-0.2, 0) is 0 Å². The summed E-state index contributed by atoms with van der Waals surface area (Å²) in [5, 5.41) is 26.7. The van der Waals surface area contributed by atoms with E-state index in [9.17, 15) is 5.11 Å². The molecule has 4 rings (SSSR count). The monoisotopic (exact) mass is 416 g/mol. The topological polar surface area (TPSA) is 109 Å². The van der Waals surface area contributed by atoms with Gasteiger partial charge in [0.15, 0.2) is 0 Å². The van der Waals surface area contributed by atoms with E-state index >= 15 is 0 Å². The molecule has 2 heterocycles. The van der Waals surface area contributed by atoms with Crippen LogP contribution in [0.4, 0.5) is 11.6 Å². The van der Waals surface area contributed by atoms with Crippen molar-refractivity contribution >= 4 is 23.2 Å². The van der Waals surface area contributed by atoms with Crippen LogP contribution in [0, 0.1) is 30.1 Å². The highest BCUT2D eigenvalue weighted by Gasteiger charge is 2.31. The molecule has 0 amide bonds. The van der Waals surface area contributed by atoms with Crippen molar-refractivity contribution in [3.05, 3.63) is 23.1 Å². The van der Waals surface area contributed by atoms with E-state index in [-0.39, 0.29) is 18.1 Å². The van der Waals surface area contributed by atoms with E-state index in [2.05, 4.69) is 26.5 Å². The van der Waals surface area contributed by atoms with Gasteiger partial charge in [0.25, 0.3) is 0 Å². The van der Waals surface area contributed by atoms with Crippen LogP contribution in [0.25, 0.3) is 0 Å². The first-order valence-corrected chi connectivity index (χ1v) is 10.5. The second-order valence-electron chi connectivity index (χ2n) is 8.02. The van der Waals surface area contributed by atoms with Gasteiger partial charge in [-0.1, -0.05) is 11.6 Å². The number of aliphatic hydroxyl groups is 1. The van der Waals surface area contributed by atoms with Crippen molar-refractivity contribution in [3.63, 3.8) is 0 Å². The Balaban J connectivity index is 1.39. The molecule has 0 aliphatic heterocycles. The molecule has 154 valence electrons. The quantitative estimate of drug-likeness (QED) is 0.737. The Hall–Kier alpha value is -2.37. The number of aryl methyl sites for hydroxylation is 1. The summed E-state index contributed by atoms with van der Waals surface area (Å²) in [5.74, 6) is 1.29. The Morgan fingerprint density at radius 2 is 2.10 bits per heavy atom. The van der Waals surface area contributed by atoms with E-state index in [0.717, 1.165) is 49.9 Å². The minimum Gasteiger partial charge on any atom is -0.476 e. The molecule has 9 heteroatoms. The Morgan fingerprint density at radius 1 is 1.34 bits per heavy atom. The second kappa shape index (κ2) is 8.56. The van der Waals surface area contributed by atoms with E-state index in [4.69, 9.17) is 21.6 Å². The summed E-state index contributed by atoms with van der Waals surface area (Å²) in [6, 6.07) is 2.57. The maximum Gasteiger partial charge on any atom is 0.237 e. The van der Waals surface area contributed by atoms with Crippen LogP contribution >= 0.6 is 11.6 Å². The fourth-order valence-electron chi connectivity index (χ4n) is 3.84. The van der Waals surface area contributed by atoms with Crippen molar-refractivity contribution in [2.24, 2.45) is 11.8 Å². The fraction of sp³-hybridized carbons (Fsp3) is 0.600. The number of nitriles is 1. The number of anilines is 2. The van der Waals surface area contributed by atoms with E-state index in [1.807, 2.05) is 17.8 Å². The molecular formula is C20H25ClN6O2. The number of rotatable bonds is 6. The summed E-state index contributed by atoms with van der Waals surface area (Å²) >= 11 is 6.21. The highest BCUT2D eigenvalue weighted by molar-refractivity contribution is 6.31. The zero-order valence-corrected chi connectivity index (χ0v) is 17.1. The molecule has 0 spiro atoms. The van der Waals surface area contributed by atoms with Gasteiger partial charge in [0.2, 0.25) is 11.8 Å². The number of halogens is 1. The third kappa shape index (κ3) is 4.62. The molecule has 2 aromatic heterocycles. The van der Waals surface area contributed by atoms with Crippen molar-refractivity contribution in [1.29, 1.82) is 5.26 Å². The number of nitrogens with zero attached hydrogens (tertiary/aromatic N) is 5. The van der Waals surface area contributed by atoms with E-state index in [1.54, 1.807) is 0 Å². The number of aromatic nitrogens is 4. The standard InChI is InChI=1S/C20H25ClN6O2/c1-12-18(10-27(26-12)15-6-14(7-15)8-22)24-20-23-9-17(21)19(25-20)29-11-13-2-4-16(28)5-3-13/h9-10,13-16,28H,2-7,11H2,1H3,(H,23,24,25). The third-order valence-corrected chi connectivity index (χ3v) is 6.08. The first-order valence-electron chi connectivity index (χ1n) is 10.1. The molecule has 2 aliphatic rings. The summed E-state index contributed by atoms with van der Waals surface area (Å²) in [6.45, 7) is 2.45. The molecule has 0 radical (unpaired) electrons. The van der Waals surface area contributed by atoms with Crippen LogP contribution in [0.15, 0.2) is 12.4 Å². The van der Waals surface area contributed by atoms with Gasteiger partial charge in [-0.3, -0.25) is 4.68 Å². The number of aliphatic hydroxyl groups excluding tert-OH is 1. The lowest BCUT2D eigenvalue weighted by Gasteiger charge is -2.30. The van der Waals surface area contributed by atoms with Crippen LogP contribution in [-0.4, -0.2) is 37.6 Å². The number of ether oxygens (including phenoxy) is 1. The lowest BCUT2D eigenvalue weighted by molar-refractivity contribution is 0.0909. The van der Waals surface area contributed by atoms with Crippen molar-refractivity contribution in [2.75, 3.05) is 11.9 Å². The molecule has 8 nitrogen and oxygen atoms in total. The Kier molecular flexibility index (Phi) is 5.88. The molecule has 0 aromatic carbocycles. The van der Waals surface area contributed by atoms with Gasteiger partial charge in [0.05, 0.1) is 48.3 Å². The lowest BCUT2D eigenvalue weighted by atomic mass is 9.81. The van der Waals surface area contributed by atoms with Crippen molar-refractivity contribution in [3.8, 4) is 11.9 Å². The molecule has 2 fully saturated rings. The van der Waals surface area contributed by atoms with Gasteiger partial charge in [-0.15, -0.1) is 0 Å². The molecule has 0 saturated heterocycles. The number of nitrogens with one attached hydrogen (secondary N) is 1. The molecule has 2 aliphatic carbocycles. The molecule has 0 atom stereocenters. The molecule has 2 saturated carbocycles. The summed E-state index contributed by atoms with van der Waals surface area (Å²) in [5.41, 5.74) is 1.66. The summed E-state index contributed by atoms with van der Waals surface area (Å²) in [7, 11) is 0. The molecule has 0 bridgehead atoms. The van der Waals surface area contributed by atoms with Gasteiger partial charge in [-0.25, -0.2) is 4.98 Å². The number of hydrogen-bond acceptors (Lipinski definition) is 7. The van der Waals surface area contributed by atoms with Crippen LogP contribution in [0.3, 0.4) is 0 Å². The van der Waals surface area contributed by atoms with Crippen molar-refractivity contribution in [1.82, 2.24) is 19.7 Å². The van der Waals surface area contributed by atoms with Gasteiger partial charge in [0.1, 0.15) is 5.02 Å². The Bertz CT molecular complexity index is 897. The van der Waals surface area contributed by atoms with E-state index in [1.165, 1.54) is 6.20 Å². The predicted molar refractivity (Wildman–Crippen MR) is 108 cm³/mol. The maximum atomic E-state index is 9.62. The molecule has 0 unspecified atom stereocenters. The van der Waals surface area contributed by atoms with E-state index < -0.39 is 0 Å². The summed E-state index contributed by atoms with van der Waals surface area (Å²) in [4.78, 5) is 8.66. The first kappa shape index (κ1) is 19.9. The normalized spacial score (nSPS) is 26.4. The zero-order chi connectivity index (χ0) is 20.4. The number of hydrogen-bond donors (Lipinski definition) is 2. The largest absolute Gasteiger partial charge is 0.476 e. The second-order valence-corrected chi connectivity index (χ2v) is 8.42. The van der Waals surface area contributed by atoms with Gasteiger partial charge >= 0.3 is 0 Å². The third-order valence-electron chi connectivity index (χ3n) is 5.82. The average molecular weight is 417 g/mol. The minimum absolute atomic E-state index is 0.132. The predicted octanol–water partition coefficient (Wildman–Crippen LogP) is 3.78. The summed E-state index contributed by atoms with van der Waals surface area (Å²) in [6.07, 6.45) is 8.48.